The van der Waals surface area contributed by atoms with E-state index >= 15 is 8.78 Å². The summed E-state index contributed by atoms with van der Waals surface area (Å²) in [5.41, 5.74) is 9.14. The molecule has 1 saturated carbocycles. The second kappa shape index (κ2) is 12.4. The van der Waals surface area contributed by atoms with Gasteiger partial charge in [0.05, 0.1) is 54.7 Å². The Bertz CT molecular complexity index is 1540. The number of carbonyl (C=O) groups is 1. The molecule has 0 spiro atoms. The van der Waals surface area contributed by atoms with Gasteiger partial charge in [0.15, 0.2) is 0 Å². The summed E-state index contributed by atoms with van der Waals surface area (Å²) >= 11 is 0. The fourth-order valence-electron chi connectivity index (χ4n) is 5.59. The van der Waals surface area contributed by atoms with Crippen molar-refractivity contribution in [3.05, 3.63) is 71.7 Å². The van der Waals surface area contributed by atoms with Crippen LogP contribution in [0.2, 0.25) is 0 Å². The van der Waals surface area contributed by atoms with E-state index in [1.165, 1.54) is 23.8 Å². The van der Waals surface area contributed by atoms with E-state index in [4.69, 9.17) is 15.2 Å². The number of alkyl carbamates (subject to hydrolysis) is 1. The van der Waals surface area contributed by atoms with Crippen molar-refractivity contribution in [2.45, 2.75) is 64.3 Å². The van der Waals surface area contributed by atoms with Crippen LogP contribution >= 0.6 is 0 Å². The first kappa shape index (κ1) is 29.3. The second-order valence-corrected chi connectivity index (χ2v) is 11.0. The topological polar surface area (TPSA) is 129 Å². The van der Waals surface area contributed by atoms with Crippen molar-refractivity contribution >= 4 is 23.2 Å². The smallest absolute Gasteiger partial charge is 0.407 e. The zero-order chi connectivity index (χ0) is 30.0. The molecule has 5 rings (SSSR count). The highest BCUT2D eigenvalue weighted by atomic mass is 19.1. The summed E-state index contributed by atoms with van der Waals surface area (Å²) < 4.78 is 42.0. The SMILES string of the molecule is COC(=O)N[C@@H]1[C@H](N)C[C@H](c2ccncc2Nc2ncc3ccc(-c4c(F)cc(COC(C)C)cc4F)nn23)C[C@@H]1C. The lowest BCUT2D eigenvalue weighted by Gasteiger charge is -2.39. The number of nitrogens with one attached hydrogen (secondary N) is 2. The summed E-state index contributed by atoms with van der Waals surface area (Å²) in [5, 5.41) is 10.7. The van der Waals surface area contributed by atoms with Gasteiger partial charge in [-0.05, 0) is 80.0 Å². The maximum atomic E-state index is 15.1. The molecule has 1 aliphatic rings. The third-order valence-corrected chi connectivity index (χ3v) is 7.62. The van der Waals surface area contributed by atoms with E-state index in [1.54, 1.807) is 30.7 Å². The summed E-state index contributed by atoms with van der Waals surface area (Å²) in [7, 11) is 1.33. The van der Waals surface area contributed by atoms with Crippen LogP contribution in [0.25, 0.3) is 16.8 Å². The molecule has 0 bridgehead atoms. The highest BCUT2D eigenvalue weighted by Gasteiger charge is 2.36. The van der Waals surface area contributed by atoms with Crippen LogP contribution < -0.4 is 16.4 Å². The number of halogens is 2. The number of imidazole rings is 1. The number of rotatable bonds is 8. The average molecular weight is 580 g/mol. The molecule has 1 amide bonds. The Hall–Kier alpha value is -4.16. The van der Waals surface area contributed by atoms with Crippen molar-refractivity contribution in [3.8, 4) is 11.3 Å². The number of anilines is 2. The number of fused-ring (bicyclic) bond motifs is 1. The first-order chi connectivity index (χ1) is 20.1. The Morgan fingerprint density at radius 2 is 1.93 bits per heavy atom. The van der Waals surface area contributed by atoms with Gasteiger partial charge in [0.25, 0.3) is 0 Å². The van der Waals surface area contributed by atoms with E-state index in [1.807, 2.05) is 19.9 Å². The molecule has 0 radical (unpaired) electrons. The number of benzene rings is 1. The zero-order valence-corrected chi connectivity index (χ0v) is 24.0. The minimum Gasteiger partial charge on any atom is -0.453 e. The molecule has 42 heavy (non-hydrogen) atoms. The Morgan fingerprint density at radius 1 is 1.17 bits per heavy atom. The third-order valence-electron chi connectivity index (χ3n) is 7.62. The molecular formula is C30H35F2N7O3. The van der Waals surface area contributed by atoms with Gasteiger partial charge in [0.2, 0.25) is 5.95 Å². The summed E-state index contributed by atoms with van der Waals surface area (Å²) in [5.74, 6) is -0.898. The molecule has 0 unspecified atom stereocenters. The molecule has 12 heteroatoms. The molecule has 0 saturated heterocycles. The van der Waals surface area contributed by atoms with E-state index in [2.05, 4.69) is 32.6 Å². The summed E-state index contributed by atoms with van der Waals surface area (Å²) in [4.78, 5) is 20.6. The standard InChI is InChI=1S/C30H35F2N7O3/c1-16(2)42-15-18-10-22(31)27(23(32)11-18)25-6-5-20-13-35-29(39(20)38-25)36-26-14-34-8-7-21(26)19-9-17(3)28(24(33)12-19)37-30(40)41-4/h5-8,10-11,13-14,16-17,19,24,28H,9,12,15,33H2,1-4H3,(H,35,36)(H,37,40)/t17-,19+,24+,28-/m0/s1. The van der Waals surface area contributed by atoms with Crippen molar-refractivity contribution in [2.24, 2.45) is 11.7 Å². The number of hydrogen-bond acceptors (Lipinski definition) is 8. The number of amides is 1. The number of carbonyl (C=O) groups excluding carboxylic acids is 1. The van der Waals surface area contributed by atoms with Gasteiger partial charge in [-0.1, -0.05) is 6.92 Å². The van der Waals surface area contributed by atoms with Gasteiger partial charge in [0.1, 0.15) is 11.6 Å². The first-order valence-corrected chi connectivity index (χ1v) is 13.9. The van der Waals surface area contributed by atoms with Gasteiger partial charge >= 0.3 is 6.09 Å². The molecule has 4 atom stereocenters. The lowest BCUT2D eigenvalue weighted by Crippen LogP contribution is -2.54. The summed E-state index contributed by atoms with van der Waals surface area (Å²) in [6.45, 7) is 5.87. The average Bonchev–Trinajstić information content (AvgIpc) is 3.35. The molecule has 1 aliphatic carbocycles. The number of hydrogen-bond donors (Lipinski definition) is 3. The Labute approximate surface area is 242 Å². The molecular weight excluding hydrogens is 544 g/mol. The van der Waals surface area contributed by atoms with Gasteiger partial charge < -0.3 is 25.8 Å². The molecule has 3 heterocycles. The Balaban J connectivity index is 1.41. The normalized spacial score (nSPS) is 20.6. The third kappa shape index (κ3) is 6.19. The van der Waals surface area contributed by atoms with Crippen molar-refractivity contribution < 1.29 is 23.0 Å². The van der Waals surface area contributed by atoms with Crippen molar-refractivity contribution in [1.82, 2.24) is 24.9 Å². The number of aromatic nitrogens is 4. The largest absolute Gasteiger partial charge is 0.453 e. The van der Waals surface area contributed by atoms with E-state index in [0.29, 0.717) is 29.1 Å². The highest BCUT2D eigenvalue weighted by molar-refractivity contribution is 5.68. The number of nitrogens with zero attached hydrogens (tertiary/aromatic N) is 4. The van der Waals surface area contributed by atoms with Crippen molar-refractivity contribution in [2.75, 3.05) is 12.4 Å². The minimum atomic E-state index is -0.726. The Morgan fingerprint density at radius 3 is 2.62 bits per heavy atom. The Kier molecular flexibility index (Phi) is 8.64. The number of ether oxygens (including phenoxy) is 2. The summed E-state index contributed by atoms with van der Waals surface area (Å²) in [6.07, 6.45) is 5.90. The molecule has 4 aromatic rings. The van der Waals surface area contributed by atoms with Crippen molar-refractivity contribution in [3.63, 3.8) is 0 Å². The fraction of sp³-hybridized carbons (Fsp3) is 0.400. The van der Waals surface area contributed by atoms with Crippen molar-refractivity contribution in [1.29, 1.82) is 0 Å². The molecule has 4 N–H and O–H groups in total. The first-order valence-electron chi connectivity index (χ1n) is 13.9. The van der Waals surface area contributed by atoms with Gasteiger partial charge in [-0.2, -0.15) is 9.61 Å². The molecule has 1 fully saturated rings. The van der Waals surface area contributed by atoms with Gasteiger partial charge in [-0.15, -0.1) is 0 Å². The second-order valence-electron chi connectivity index (χ2n) is 11.0. The van der Waals surface area contributed by atoms with Crippen LogP contribution in [-0.4, -0.2) is 51.0 Å². The molecule has 3 aromatic heterocycles. The quantitative estimate of drug-likeness (QED) is 0.256. The van der Waals surface area contributed by atoms with Gasteiger partial charge in [-0.3, -0.25) is 4.98 Å². The maximum Gasteiger partial charge on any atom is 0.407 e. The lowest BCUT2D eigenvalue weighted by molar-refractivity contribution is 0.0654. The fourth-order valence-corrected chi connectivity index (χ4v) is 5.59. The number of methoxy groups -OCH3 is 1. The van der Waals surface area contributed by atoms with Gasteiger partial charge in [0, 0.05) is 18.3 Å². The number of pyridine rings is 1. The van der Waals surface area contributed by atoms with Crippen LogP contribution in [0.3, 0.4) is 0 Å². The van der Waals surface area contributed by atoms with Gasteiger partial charge in [-0.25, -0.2) is 18.6 Å². The van der Waals surface area contributed by atoms with E-state index in [0.717, 1.165) is 12.0 Å². The predicted molar refractivity (Wildman–Crippen MR) is 154 cm³/mol. The van der Waals surface area contributed by atoms with Crippen LogP contribution in [0.5, 0.6) is 0 Å². The van der Waals surface area contributed by atoms with Crippen LogP contribution in [0.15, 0.2) is 48.9 Å². The van der Waals surface area contributed by atoms with E-state index < -0.39 is 17.7 Å². The van der Waals surface area contributed by atoms with Crippen LogP contribution in [0.1, 0.15) is 50.7 Å². The molecule has 0 aliphatic heterocycles. The highest BCUT2D eigenvalue weighted by Crippen LogP contribution is 2.39. The van der Waals surface area contributed by atoms with E-state index in [-0.39, 0.29) is 47.9 Å². The molecule has 10 nitrogen and oxygen atoms in total. The predicted octanol–water partition coefficient (Wildman–Crippen LogP) is 5.30. The number of nitrogens with two attached hydrogens (primary N) is 1. The van der Waals surface area contributed by atoms with Crippen LogP contribution in [-0.2, 0) is 16.1 Å². The molecule has 1 aromatic carbocycles. The lowest BCUT2D eigenvalue weighted by atomic mass is 9.73. The molecule has 222 valence electrons. The zero-order valence-electron chi connectivity index (χ0n) is 24.0. The van der Waals surface area contributed by atoms with Crippen LogP contribution in [0.4, 0.5) is 25.2 Å². The minimum absolute atomic E-state index is 0.0638. The monoisotopic (exact) mass is 579 g/mol. The van der Waals surface area contributed by atoms with Crippen LogP contribution in [0, 0.1) is 17.6 Å². The maximum absolute atomic E-state index is 15.1. The summed E-state index contributed by atoms with van der Waals surface area (Å²) in [6, 6.07) is 7.25. The van der Waals surface area contributed by atoms with E-state index in [9.17, 15) is 4.79 Å².